The van der Waals surface area contributed by atoms with Gasteiger partial charge in [0.2, 0.25) is 10.0 Å². The summed E-state index contributed by atoms with van der Waals surface area (Å²) in [7, 11) is -2.30. The molecule has 0 aliphatic carbocycles. The maximum absolute atomic E-state index is 12.5. The third-order valence-electron chi connectivity index (χ3n) is 2.48. The van der Waals surface area contributed by atoms with Crippen LogP contribution in [0, 0.1) is 12.3 Å². The number of nitrogens with zero attached hydrogens (tertiary/aromatic N) is 1. The number of thiophene rings is 1. The zero-order valence-electron chi connectivity index (χ0n) is 11.7. The number of hydrogen-bond acceptors (Lipinski definition) is 4. The van der Waals surface area contributed by atoms with Gasteiger partial charge in [0.1, 0.15) is 9.77 Å². The Balaban J connectivity index is 3.28. The standard InChI is InChI=1S/C12H19NO4S2/c1-8-6-18-9(11(14)15)10(8)19(16,17)13(5)7-12(2,3)4/h6H,7H2,1-5H3,(H,14,15). The minimum atomic E-state index is -3.77. The lowest BCUT2D eigenvalue weighted by Gasteiger charge is -2.26. The third-order valence-corrected chi connectivity index (χ3v) is 5.68. The van der Waals surface area contributed by atoms with E-state index in [1.807, 2.05) is 20.8 Å². The second-order valence-electron chi connectivity index (χ2n) is 5.70. The first-order valence-corrected chi connectivity index (χ1v) is 8.06. The minimum absolute atomic E-state index is 0.0863. The Hall–Kier alpha value is -0.920. The van der Waals surface area contributed by atoms with Crippen molar-refractivity contribution < 1.29 is 18.3 Å². The van der Waals surface area contributed by atoms with Crippen LogP contribution >= 0.6 is 11.3 Å². The van der Waals surface area contributed by atoms with Crippen LogP contribution in [0.1, 0.15) is 36.0 Å². The molecule has 0 bridgehead atoms. The molecule has 1 rings (SSSR count). The van der Waals surface area contributed by atoms with Gasteiger partial charge in [0.15, 0.2) is 0 Å². The SMILES string of the molecule is Cc1csc(C(=O)O)c1S(=O)(=O)N(C)CC(C)(C)C. The highest BCUT2D eigenvalue weighted by Crippen LogP contribution is 2.30. The number of carboxylic acid groups (broad SMARTS) is 1. The summed E-state index contributed by atoms with van der Waals surface area (Å²) in [5.41, 5.74) is 0.276. The fourth-order valence-electron chi connectivity index (χ4n) is 1.81. The molecule has 108 valence electrons. The van der Waals surface area contributed by atoms with E-state index in [4.69, 9.17) is 5.11 Å². The molecule has 0 amide bonds. The molecule has 1 heterocycles. The number of aromatic carboxylic acids is 1. The van der Waals surface area contributed by atoms with E-state index in [1.54, 1.807) is 12.3 Å². The lowest BCUT2D eigenvalue weighted by molar-refractivity contribution is 0.0698. The van der Waals surface area contributed by atoms with Gasteiger partial charge in [0, 0.05) is 13.6 Å². The molecule has 0 spiro atoms. The summed E-state index contributed by atoms with van der Waals surface area (Å²) in [4.78, 5) is 10.9. The van der Waals surface area contributed by atoms with Crippen LogP contribution in [0.25, 0.3) is 0 Å². The van der Waals surface area contributed by atoms with Crippen LogP contribution in [0.5, 0.6) is 0 Å². The number of sulfonamides is 1. The molecule has 1 N–H and O–H groups in total. The van der Waals surface area contributed by atoms with Gasteiger partial charge in [-0.2, -0.15) is 0 Å². The summed E-state index contributed by atoms with van der Waals surface area (Å²) in [5.74, 6) is -1.21. The molecule has 0 aromatic carbocycles. The summed E-state index contributed by atoms with van der Waals surface area (Å²) < 4.78 is 26.2. The molecule has 0 unspecified atom stereocenters. The molecular weight excluding hydrogens is 286 g/mol. The zero-order valence-corrected chi connectivity index (χ0v) is 13.4. The monoisotopic (exact) mass is 305 g/mol. The van der Waals surface area contributed by atoms with Crippen molar-refractivity contribution in [3.05, 3.63) is 15.8 Å². The van der Waals surface area contributed by atoms with Gasteiger partial charge in [-0.25, -0.2) is 17.5 Å². The van der Waals surface area contributed by atoms with Gasteiger partial charge in [0.05, 0.1) is 0 Å². The average Bonchev–Trinajstić information content (AvgIpc) is 2.57. The molecule has 0 atom stereocenters. The molecule has 1 aromatic heterocycles. The van der Waals surface area contributed by atoms with Crippen molar-refractivity contribution in [2.75, 3.05) is 13.6 Å². The van der Waals surface area contributed by atoms with Crippen LogP contribution < -0.4 is 0 Å². The van der Waals surface area contributed by atoms with Crippen molar-refractivity contribution in [2.24, 2.45) is 5.41 Å². The second kappa shape index (κ2) is 5.22. The predicted molar refractivity (Wildman–Crippen MR) is 75.3 cm³/mol. The first-order valence-electron chi connectivity index (χ1n) is 5.74. The van der Waals surface area contributed by atoms with Crippen molar-refractivity contribution in [3.63, 3.8) is 0 Å². The number of aryl methyl sites for hydroxylation is 1. The first-order chi connectivity index (χ1) is 8.47. The van der Waals surface area contributed by atoms with E-state index in [2.05, 4.69) is 0 Å². The van der Waals surface area contributed by atoms with Gasteiger partial charge in [-0.3, -0.25) is 0 Å². The Labute approximate surface area is 117 Å². The van der Waals surface area contributed by atoms with Crippen LogP contribution in [-0.2, 0) is 10.0 Å². The van der Waals surface area contributed by atoms with E-state index in [1.165, 1.54) is 11.4 Å². The van der Waals surface area contributed by atoms with Crippen molar-refractivity contribution in [3.8, 4) is 0 Å². The Bertz CT molecular complexity index is 581. The quantitative estimate of drug-likeness (QED) is 0.927. The highest BCUT2D eigenvalue weighted by molar-refractivity contribution is 7.89. The van der Waals surface area contributed by atoms with Crippen LogP contribution in [0.4, 0.5) is 0 Å². The summed E-state index contributed by atoms with van der Waals surface area (Å²) in [5, 5.41) is 10.6. The smallest absolute Gasteiger partial charge is 0.347 e. The van der Waals surface area contributed by atoms with Gasteiger partial charge in [-0.05, 0) is 23.3 Å². The normalized spacial score (nSPS) is 12.9. The van der Waals surface area contributed by atoms with Gasteiger partial charge in [0.25, 0.3) is 0 Å². The Kier molecular flexibility index (Phi) is 4.44. The summed E-state index contributed by atoms with van der Waals surface area (Å²) in [6, 6.07) is 0. The average molecular weight is 305 g/mol. The zero-order chi connectivity index (χ0) is 15.0. The molecule has 0 aliphatic rings. The summed E-state index contributed by atoms with van der Waals surface area (Å²) >= 11 is 0.941. The van der Waals surface area contributed by atoms with Crippen LogP contribution in [0.15, 0.2) is 10.3 Å². The molecule has 0 saturated carbocycles. The van der Waals surface area contributed by atoms with E-state index in [-0.39, 0.29) is 15.2 Å². The highest BCUT2D eigenvalue weighted by Gasteiger charge is 2.32. The maximum Gasteiger partial charge on any atom is 0.347 e. The van der Waals surface area contributed by atoms with E-state index < -0.39 is 16.0 Å². The fourth-order valence-corrected chi connectivity index (χ4v) is 4.78. The second-order valence-corrected chi connectivity index (χ2v) is 8.57. The molecule has 19 heavy (non-hydrogen) atoms. The van der Waals surface area contributed by atoms with Crippen molar-refractivity contribution >= 4 is 27.3 Å². The first kappa shape index (κ1) is 16.1. The number of hydrogen-bond donors (Lipinski definition) is 1. The predicted octanol–water partition coefficient (Wildman–Crippen LogP) is 2.42. The highest BCUT2D eigenvalue weighted by atomic mass is 32.2. The molecule has 5 nitrogen and oxygen atoms in total. The van der Waals surface area contributed by atoms with Crippen molar-refractivity contribution in [1.29, 1.82) is 0 Å². The van der Waals surface area contributed by atoms with E-state index in [9.17, 15) is 13.2 Å². The van der Waals surface area contributed by atoms with Gasteiger partial charge in [-0.1, -0.05) is 20.8 Å². The van der Waals surface area contributed by atoms with E-state index in [0.717, 1.165) is 11.3 Å². The molecule has 0 aliphatic heterocycles. The minimum Gasteiger partial charge on any atom is -0.477 e. The molecule has 0 fully saturated rings. The number of carboxylic acids is 1. The van der Waals surface area contributed by atoms with Gasteiger partial charge >= 0.3 is 5.97 Å². The van der Waals surface area contributed by atoms with Gasteiger partial charge in [-0.15, -0.1) is 11.3 Å². The lowest BCUT2D eigenvalue weighted by atomic mass is 9.97. The van der Waals surface area contributed by atoms with Crippen LogP contribution in [0.3, 0.4) is 0 Å². The topological polar surface area (TPSA) is 74.7 Å². The van der Waals surface area contributed by atoms with Crippen LogP contribution in [-0.4, -0.2) is 37.4 Å². The molecular formula is C12H19NO4S2. The molecule has 7 heteroatoms. The van der Waals surface area contributed by atoms with E-state index >= 15 is 0 Å². The fraction of sp³-hybridized carbons (Fsp3) is 0.583. The lowest BCUT2D eigenvalue weighted by Crippen LogP contribution is -2.35. The maximum atomic E-state index is 12.5. The Morgan fingerprint density at radius 3 is 2.37 bits per heavy atom. The molecule has 0 saturated heterocycles. The molecule has 0 radical (unpaired) electrons. The largest absolute Gasteiger partial charge is 0.477 e. The van der Waals surface area contributed by atoms with E-state index in [0.29, 0.717) is 12.1 Å². The van der Waals surface area contributed by atoms with Crippen molar-refractivity contribution in [1.82, 2.24) is 4.31 Å². The van der Waals surface area contributed by atoms with Crippen molar-refractivity contribution in [2.45, 2.75) is 32.6 Å². The van der Waals surface area contributed by atoms with Gasteiger partial charge < -0.3 is 5.11 Å². The Morgan fingerprint density at radius 2 is 1.95 bits per heavy atom. The number of rotatable bonds is 4. The number of carbonyl (C=O) groups is 1. The summed E-state index contributed by atoms with van der Waals surface area (Å²) in [6.45, 7) is 7.72. The Morgan fingerprint density at radius 1 is 1.42 bits per heavy atom. The molecule has 1 aromatic rings. The third kappa shape index (κ3) is 3.55. The summed E-state index contributed by atoms with van der Waals surface area (Å²) in [6.07, 6.45) is 0. The van der Waals surface area contributed by atoms with Crippen LogP contribution in [0.2, 0.25) is 0 Å².